The standard InChI is InChI=1S/C23H20N2O4S2.C17H18N2O2S.C5H11NO4S2.C4H9NO2S/c1-16(2)22-15-21-20(17-9-11-18(12-10-17)30(3,26)27)13-14-24-23(21)25(22)31(28,29)19-7-5-4-6-8-19;1-11(2)16-10-15-14(8-9-18-17(15)19-16)12-4-6-13(7-5-12)22(3,20)21;7-11(8)6-5-1-3-12(9,10)4-2-5;6-8(7)5-3-1-2-4-5/h4-15H,1H2,2-3H3;4-11H,1-3H3,(H,18,19);5-6H,1-4H2,(H,7,8);1-4H2,(H,6,7)/p-2. The summed E-state index contributed by atoms with van der Waals surface area (Å²) in [6.45, 7) is 11.4. The normalized spacial score (nSPS) is 16.1. The first-order valence-corrected chi connectivity index (χ1v) is 31.9. The number of sulfone groups is 3. The van der Waals surface area contributed by atoms with Crippen LogP contribution in [0.25, 0.3) is 49.9 Å². The molecule has 0 amide bonds. The van der Waals surface area contributed by atoms with E-state index in [1.165, 1.54) is 38.8 Å². The molecule has 2 fully saturated rings. The Balaban J connectivity index is 0.000000178. The third kappa shape index (κ3) is 14.7. The number of nitrogens with one attached hydrogen (secondary N) is 2. The highest BCUT2D eigenvalue weighted by molar-refractivity contribution is 7.91. The van der Waals surface area contributed by atoms with Crippen molar-refractivity contribution in [3.05, 3.63) is 133 Å². The van der Waals surface area contributed by atoms with Crippen molar-refractivity contribution in [1.82, 2.24) is 28.0 Å². The Kier molecular flexibility index (Phi) is 18.7. The van der Waals surface area contributed by atoms with Gasteiger partial charge in [0.05, 0.1) is 31.9 Å². The van der Waals surface area contributed by atoms with Crippen LogP contribution in [0.4, 0.5) is 0 Å². The van der Waals surface area contributed by atoms with Gasteiger partial charge in [-0.05, 0) is 127 Å². The molecule has 0 radical (unpaired) electrons. The molecular formula is C49H56N6O12S6-2. The van der Waals surface area contributed by atoms with Crippen molar-refractivity contribution in [2.45, 2.75) is 73.1 Å². The van der Waals surface area contributed by atoms with Gasteiger partial charge in [0.1, 0.15) is 15.5 Å². The van der Waals surface area contributed by atoms with Crippen molar-refractivity contribution in [2.24, 2.45) is 0 Å². The van der Waals surface area contributed by atoms with Crippen LogP contribution in [-0.2, 0) is 62.1 Å². The second-order valence-electron chi connectivity index (χ2n) is 17.7. The summed E-state index contributed by atoms with van der Waals surface area (Å²) in [6, 6.07) is 29.0. The molecule has 2 aliphatic heterocycles. The van der Waals surface area contributed by atoms with E-state index in [1.54, 1.807) is 73.9 Å². The number of hydrogen-bond donors (Lipinski definition) is 2. The van der Waals surface area contributed by atoms with Gasteiger partial charge in [-0.25, -0.2) is 56.6 Å². The molecule has 4 aromatic heterocycles. The van der Waals surface area contributed by atoms with Gasteiger partial charge < -0.3 is 14.1 Å². The quantitative estimate of drug-likeness (QED) is 0.124. The van der Waals surface area contributed by atoms with E-state index in [4.69, 9.17) is 0 Å². The predicted octanol–water partition coefficient (Wildman–Crippen LogP) is 6.96. The van der Waals surface area contributed by atoms with E-state index in [2.05, 4.69) is 46.2 Å². The number of aromatic amines is 1. The van der Waals surface area contributed by atoms with Gasteiger partial charge >= 0.3 is 0 Å². The minimum absolute atomic E-state index is 0.0852. The van der Waals surface area contributed by atoms with Crippen molar-refractivity contribution in [3.63, 3.8) is 0 Å². The third-order valence-electron chi connectivity index (χ3n) is 11.8. The second-order valence-corrected chi connectivity index (χ2v) is 27.5. The number of aromatic nitrogens is 4. The zero-order chi connectivity index (χ0) is 53.5. The highest BCUT2D eigenvalue weighted by Gasteiger charge is 2.26. The summed E-state index contributed by atoms with van der Waals surface area (Å²) < 4.78 is 141. The molecule has 18 nitrogen and oxygen atoms in total. The highest BCUT2D eigenvalue weighted by atomic mass is 32.2. The number of fused-ring (bicyclic) bond motifs is 2. The van der Waals surface area contributed by atoms with Gasteiger partial charge in [0.25, 0.3) is 10.0 Å². The molecular weight excluding hydrogens is 1060 g/mol. The van der Waals surface area contributed by atoms with E-state index in [1.807, 2.05) is 18.2 Å². The zero-order valence-corrected chi connectivity index (χ0v) is 45.5. The summed E-state index contributed by atoms with van der Waals surface area (Å²) in [5.41, 5.74) is 6.82. The lowest BCUT2D eigenvalue weighted by atomic mass is 10.0. The zero-order valence-electron chi connectivity index (χ0n) is 40.6. The topological polar surface area (TPSA) is 279 Å². The molecule has 392 valence electrons. The predicted molar refractivity (Wildman–Crippen MR) is 284 cm³/mol. The average molecular weight is 1110 g/mol. The van der Waals surface area contributed by atoms with Gasteiger partial charge in [-0.15, -0.1) is 0 Å². The Bertz CT molecular complexity index is 3580. The summed E-state index contributed by atoms with van der Waals surface area (Å²) in [4.78, 5) is 12.8. The molecule has 6 heterocycles. The summed E-state index contributed by atoms with van der Waals surface area (Å²) in [6.07, 6.45) is 8.49. The van der Waals surface area contributed by atoms with Crippen molar-refractivity contribution in [2.75, 3.05) is 37.1 Å². The number of pyridine rings is 2. The Hall–Kier alpha value is -5.28. The fourth-order valence-electron chi connectivity index (χ4n) is 7.92. The van der Waals surface area contributed by atoms with Crippen molar-refractivity contribution >= 4 is 89.7 Å². The molecule has 0 bridgehead atoms. The lowest BCUT2D eigenvalue weighted by Gasteiger charge is -2.23. The molecule has 0 aliphatic carbocycles. The Morgan fingerprint density at radius 3 is 1.70 bits per heavy atom. The molecule has 9 rings (SSSR count). The van der Waals surface area contributed by atoms with E-state index >= 15 is 0 Å². The van der Waals surface area contributed by atoms with Gasteiger partial charge in [0, 0.05) is 83.0 Å². The number of hydrogen-bond acceptors (Lipinski definition) is 14. The van der Waals surface area contributed by atoms with Crippen LogP contribution >= 0.6 is 0 Å². The number of H-pyrrole nitrogens is 1. The molecule has 7 aromatic rings. The number of rotatable bonds is 11. The summed E-state index contributed by atoms with van der Waals surface area (Å²) in [5, 5.41) is 1.69. The van der Waals surface area contributed by atoms with Crippen LogP contribution in [0.3, 0.4) is 0 Å². The molecule has 24 heteroatoms. The van der Waals surface area contributed by atoms with Crippen LogP contribution in [0.5, 0.6) is 0 Å². The molecule has 2 atom stereocenters. The van der Waals surface area contributed by atoms with Gasteiger partial charge in [-0.1, -0.05) is 62.9 Å². The minimum atomic E-state index is -3.91. The smallest absolute Gasteiger partial charge is 0.269 e. The molecule has 2 aliphatic rings. The molecule has 2 saturated heterocycles. The maximum Gasteiger partial charge on any atom is 0.269 e. The van der Waals surface area contributed by atoms with Gasteiger partial charge in [0.2, 0.25) is 0 Å². The van der Waals surface area contributed by atoms with E-state index in [0.29, 0.717) is 40.3 Å². The van der Waals surface area contributed by atoms with Crippen LogP contribution in [0.2, 0.25) is 0 Å². The molecule has 73 heavy (non-hydrogen) atoms. The Labute approximate surface area is 432 Å². The van der Waals surface area contributed by atoms with Crippen LogP contribution < -0.4 is 4.72 Å². The summed E-state index contributed by atoms with van der Waals surface area (Å²) >= 11 is -4.24. The van der Waals surface area contributed by atoms with E-state index < -0.39 is 62.1 Å². The van der Waals surface area contributed by atoms with E-state index in [0.717, 1.165) is 71.2 Å². The van der Waals surface area contributed by atoms with E-state index in [9.17, 15) is 51.2 Å². The SMILES string of the molecule is C=C(C)c1cc2c(-c3ccc(S(C)(=O)=O)cc3)ccnc2n1S(=O)(=O)c1ccccc1.CC(C)c1cc2c(-c3ccc(S(C)(=O)=O)cc3)ccnc2[nH]1.O=S([O-])N1CCCC1.O=S([O-])NC1CCS(=O)(=O)CC1. The lowest BCUT2D eigenvalue weighted by Crippen LogP contribution is -2.38. The number of benzene rings is 3. The monoisotopic (exact) mass is 1110 g/mol. The molecule has 0 saturated carbocycles. The maximum atomic E-state index is 13.5. The number of nitrogens with zero attached hydrogens (tertiary/aromatic N) is 4. The highest BCUT2D eigenvalue weighted by Crippen LogP contribution is 2.35. The summed E-state index contributed by atoms with van der Waals surface area (Å²) in [7, 11) is -13.3. The first-order chi connectivity index (χ1) is 34.3. The molecule has 3 aromatic carbocycles. The average Bonchev–Trinajstić information content (AvgIpc) is 4.13. The first kappa shape index (κ1) is 57.0. The maximum absolute atomic E-state index is 13.5. The number of allylic oxidation sites excluding steroid dienone is 1. The fourth-order valence-corrected chi connectivity index (χ4v) is 13.3. The minimum Gasteiger partial charge on any atom is -0.760 e. The summed E-state index contributed by atoms with van der Waals surface area (Å²) in [5.74, 6) is 0.568. The van der Waals surface area contributed by atoms with Crippen LogP contribution in [0.1, 0.15) is 63.8 Å². The fraction of sp³-hybridized carbons (Fsp3) is 0.306. The van der Waals surface area contributed by atoms with Crippen LogP contribution in [0, 0.1) is 0 Å². The molecule has 2 unspecified atom stereocenters. The first-order valence-electron chi connectivity index (χ1n) is 22.7. The van der Waals surface area contributed by atoms with Crippen LogP contribution in [0.15, 0.2) is 137 Å². The van der Waals surface area contributed by atoms with Gasteiger partial charge in [-0.3, -0.25) is 8.42 Å². The largest absolute Gasteiger partial charge is 0.760 e. The molecule has 0 spiro atoms. The Morgan fingerprint density at radius 1 is 0.740 bits per heavy atom. The van der Waals surface area contributed by atoms with Gasteiger partial charge in [-0.2, -0.15) is 0 Å². The van der Waals surface area contributed by atoms with Crippen molar-refractivity contribution in [3.8, 4) is 22.3 Å². The third-order valence-corrected chi connectivity index (χ3v) is 18.8. The van der Waals surface area contributed by atoms with Crippen LogP contribution in [-0.4, -0.2) is 118 Å². The second kappa shape index (κ2) is 23.9. The van der Waals surface area contributed by atoms with Gasteiger partial charge in [0.15, 0.2) is 25.3 Å². The van der Waals surface area contributed by atoms with E-state index in [-0.39, 0.29) is 33.0 Å². The van der Waals surface area contributed by atoms with Crippen molar-refractivity contribution < 1.29 is 51.2 Å². The lowest BCUT2D eigenvalue weighted by molar-refractivity contribution is 0.438. The Morgan fingerprint density at radius 2 is 1.25 bits per heavy atom. The molecule has 2 N–H and O–H groups in total. The van der Waals surface area contributed by atoms with Crippen molar-refractivity contribution in [1.29, 1.82) is 0 Å².